The van der Waals surface area contributed by atoms with Crippen molar-refractivity contribution in [1.82, 2.24) is 10.3 Å². The molecule has 0 saturated carbocycles. The summed E-state index contributed by atoms with van der Waals surface area (Å²) in [5.41, 5.74) is 6.86. The van der Waals surface area contributed by atoms with E-state index in [-0.39, 0.29) is 11.9 Å². The Morgan fingerprint density at radius 2 is 2.26 bits per heavy atom. The first-order chi connectivity index (χ1) is 9.06. The number of anilines is 1. The summed E-state index contributed by atoms with van der Waals surface area (Å²) in [7, 11) is 0. The van der Waals surface area contributed by atoms with Crippen molar-refractivity contribution >= 4 is 34.0 Å². The number of halogens is 1. The second-order valence-electron chi connectivity index (χ2n) is 4.24. The third-order valence-corrected chi connectivity index (χ3v) is 3.66. The highest BCUT2D eigenvalue weighted by Crippen LogP contribution is 2.17. The van der Waals surface area contributed by atoms with E-state index in [0.717, 1.165) is 5.56 Å². The molecule has 19 heavy (non-hydrogen) atoms. The Morgan fingerprint density at radius 1 is 1.53 bits per heavy atom. The Bertz CT molecular complexity index is 585. The van der Waals surface area contributed by atoms with Crippen LogP contribution < -0.4 is 11.1 Å². The molecular weight excluding hydrogens is 282 g/mol. The molecule has 0 bridgehead atoms. The van der Waals surface area contributed by atoms with Gasteiger partial charge in [-0.05, 0) is 25.0 Å². The van der Waals surface area contributed by atoms with Gasteiger partial charge in [-0.15, -0.1) is 11.3 Å². The summed E-state index contributed by atoms with van der Waals surface area (Å²) in [6, 6.07) is 7.57. The van der Waals surface area contributed by atoms with E-state index < -0.39 is 0 Å². The van der Waals surface area contributed by atoms with E-state index in [9.17, 15) is 4.79 Å². The first-order valence-corrected chi connectivity index (χ1v) is 7.07. The first-order valence-electron chi connectivity index (χ1n) is 5.81. The van der Waals surface area contributed by atoms with Gasteiger partial charge in [-0.3, -0.25) is 4.79 Å². The number of rotatable bonds is 4. The van der Waals surface area contributed by atoms with Gasteiger partial charge < -0.3 is 11.1 Å². The van der Waals surface area contributed by atoms with E-state index in [2.05, 4.69) is 10.3 Å². The van der Waals surface area contributed by atoms with Crippen molar-refractivity contribution in [3.8, 4) is 0 Å². The molecule has 6 heteroatoms. The highest BCUT2D eigenvalue weighted by atomic mass is 35.5. The number of hydrogen-bond donors (Lipinski definition) is 2. The fourth-order valence-corrected chi connectivity index (χ4v) is 2.49. The molecule has 0 saturated heterocycles. The molecule has 100 valence electrons. The van der Waals surface area contributed by atoms with Gasteiger partial charge in [0.25, 0.3) is 5.91 Å². The van der Waals surface area contributed by atoms with Crippen LogP contribution in [0.5, 0.6) is 0 Å². The molecule has 0 radical (unpaired) electrons. The van der Waals surface area contributed by atoms with Gasteiger partial charge >= 0.3 is 0 Å². The molecule has 1 aromatic heterocycles. The molecule has 0 aliphatic rings. The smallest absolute Gasteiger partial charge is 0.271 e. The van der Waals surface area contributed by atoms with Crippen molar-refractivity contribution in [2.24, 2.45) is 0 Å². The van der Waals surface area contributed by atoms with Gasteiger partial charge in [0.1, 0.15) is 5.69 Å². The van der Waals surface area contributed by atoms with Crippen LogP contribution in [-0.2, 0) is 6.42 Å². The molecule has 0 fully saturated rings. The number of nitrogens with two attached hydrogens (primary N) is 1. The van der Waals surface area contributed by atoms with Crippen molar-refractivity contribution < 1.29 is 4.79 Å². The maximum atomic E-state index is 11.9. The normalized spacial score (nSPS) is 12.1. The zero-order valence-corrected chi connectivity index (χ0v) is 12.0. The summed E-state index contributed by atoms with van der Waals surface area (Å²) in [5.74, 6) is -0.215. The van der Waals surface area contributed by atoms with Crippen molar-refractivity contribution in [2.75, 3.05) is 5.73 Å². The maximum Gasteiger partial charge on any atom is 0.271 e. The third-order valence-electron chi connectivity index (χ3n) is 2.62. The Balaban J connectivity index is 1.96. The summed E-state index contributed by atoms with van der Waals surface area (Å²) in [5, 5.41) is 5.62. The van der Waals surface area contributed by atoms with E-state index in [0.29, 0.717) is 22.3 Å². The standard InChI is InChI=1S/C13H14ClN3OS/c1-8(6-9-4-2-3-5-10(9)14)16-12(18)11-7-19-13(15)17-11/h2-5,7-8H,6H2,1H3,(H2,15,17)(H,16,18). The van der Waals surface area contributed by atoms with Crippen molar-refractivity contribution in [3.63, 3.8) is 0 Å². The van der Waals surface area contributed by atoms with Gasteiger partial charge in [0, 0.05) is 16.4 Å². The predicted molar refractivity (Wildman–Crippen MR) is 78.6 cm³/mol. The number of nitrogens with one attached hydrogen (secondary N) is 1. The molecule has 2 aromatic rings. The van der Waals surface area contributed by atoms with Crippen LogP contribution in [0.1, 0.15) is 23.0 Å². The van der Waals surface area contributed by atoms with Gasteiger partial charge in [0.05, 0.1) is 0 Å². The molecule has 1 aromatic carbocycles. The van der Waals surface area contributed by atoms with Gasteiger partial charge in [-0.1, -0.05) is 29.8 Å². The van der Waals surface area contributed by atoms with E-state index in [1.54, 1.807) is 5.38 Å². The minimum atomic E-state index is -0.215. The second-order valence-corrected chi connectivity index (χ2v) is 5.54. The lowest BCUT2D eigenvalue weighted by molar-refractivity contribution is 0.0936. The fourth-order valence-electron chi connectivity index (χ4n) is 1.73. The Morgan fingerprint density at radius 3 is 2.89 bits per heavy atom. The Hall–Kier alpha value is -1.59. The predicted octanol–water partition coefficient (Wildman–Crippen LogP) is 2.74. The quantitative estimate of drug-likeness (QED) is 0.911. The number of nitrogen functional groups attached to an aromatic ring is 1. The van der Waals surface area contributed by atoms with Crippen LogP contribution in [0.2, 0.25) is 5.02 Å². The van der Waals surface area contributed by atoms with Gasteiger partial charge in [0.15, 0.2) is 5.13 Å². The average Bonchev–Trinajstić information content (AvgIpc) is 2.79. The van der Waals surface area contributed by atoms with Crippen molar-refractivity contribution in [1.29, 1.82) is 0 Å². The molecule has 0 aliphatic carbocycles. The summed E-state index contributed by atoms with van der Waals surface area (Å²) in [4.78, 5) is 15.8. The molecular formula is C13H14ClN3OS. The van der Waals surface area contributed by atoms with E-state index in [4.69, 9.17) is 17.3 Å². The molecule has 0 spiro atoms. The van der Waals surface area contributed by atoms with E-state index in [1.807, 2.05) is 31.2 Å². The Labute approximate surface area is 120 Å². The van der Waals surface area contributed by atoms with Crippen LogP contribution >= 0.6 is 22.9 Å². The van der Waals surface area contributed by atoms with Crippen LogP contribution in [0.15, 0.2) is 29.6 Å². The topological polar surface area (TPSA) is 68.0 Å². The van der Waals surface area contributed by atoms with Crippen molar-refractivity contribution in [2.45, 2.75) is 19.4 Å². The maximum absolute atomic E-state index is 11.9. The number of aromatic nitrogens is 1. The number of hydrogen-bond acceptors (Lipinski definition) is 4. The monoisotopic (exact) mass is 295 g/mol. The molecule has 3 N–H and O–H groups in total. The molecule has 0 aliphatic heterocycles. The zero-order chi connectivity index (χ0) is 13.8. The highest BCUT2D eigenvalue weighted by molar-refractivity contribution is 7.13. The first kappa shape index (κ1) is 13.8. The number of carbonyl (C=O) groups excluding carboxylic acids is 1. The SMILES string of the molecule is CC(Cc1ccccc1Cl)NC(=O)c1csc(N)n1. The molecule has 4 nitrogen and oxygen atoms in total. The lowest BCUT2D eigenvalue weighted by Crippen LogP contribution is -2.34. The van der Waals surface area contributed by atoms with Crippen LogP contribution in [0.25, 0.3) is 0 Å². The molecule has 2 rings (SSSR count). The van der Waals surface area contributed by atoms with Crippen LogP contribution in [-0.4, -0.2) is 16.9 Å². The van der Waals surface area contributed by atoms with Gasteiger partial charge in [-0.25, -0.2) is 4.98 Å². The van der Waals surface area contributed by atoms with Gasteiger partial charge in [0.2, 0.25) is 0 Å². The number of carbonyl (C=O) groups is 1. The third kappa shape index (κ3) is 3.68. The zero-order valence-electron chi connectivity index (χ0n) is 10.4. The van der Waals surface area contributed by atoms with Crippen LogP contribution in [0.3, 0.4) is 0 Å². The van der Waals surface area contributed by atoms with E-state index >= 15 is 0 Å². The van der Waals surface area contributed by atoms with Crippen molar-refractivity contribution in [3.05, 3.63) is 45.9 Å². The largest absolute Gasteiger partial charge is 0.375 e. The highest BCUT2D eigenvalue weighted by Gasteiger charge is 2.13. The Kier molecular flexibility index (Phi) is 4.39. The lowest BCUT2D eigenvalue weighted by Gasteiger charge is -2.13. The molecule has 1 heterocycles. The minimum Gasteiger partial charge on any atom is -0.375 e. The van der Waals surface area contributed by atoms with E-state index in [1.165, 1.54) is 11.3 Å². The number of benzene rings is 1. The van der Waals surface area contributed by atoms with Crippen LogP contribution in [0, 0.1) is 0 Å². The van der Waals surface area contributed by atoms with Gasteiger partial charge in [-0.2, -0.15) is 0 Å². The summed E-state index contributed by atoms with van der Waals surface area (Å²) < 4.78 is 0. The molecule has 1 amide bonds. The number of thiazole rings is 1. The lowest BCUT2D eigenvalue weighted by atomic mass is 10.1. The summed E-state index contributed by atoms with van der Waals surface area (Å²) in [6.07, 6.45) is 0.672. The molecule has 1 atom stereocenters. The summed E-state index contributed by atoms with van der Waals surface area (Å²) >= 11 is 7.34. The number of nitrogens with zero attached hydrogens (tertiary/aromatic N) is 1. The fraction of sp³-hybridized carbons (Fsp3) is 0.231. The summed E-state index contributed by atoms with van der Waals surface area (Å²) in [6.45, 7) is 1.93. The minimum absolute atomic E-state index is 0.0321. The van der Waals surface area contributed by atoms with Crippen LogP contribution in [0.4, 0.5) is 5.13 Å². The second kappa shape index (κ2) is 6.04. The average molecular weight is 296 g/mol. The number of amides is 1. The molecule has 1 unspecified atom stereocenters.